The molecule has 1 aliphatic rings. The zero-order valence-electron chi connectivity index (χ0n) is 7.54. The highest BCUT2D eigenvalue weighted by molar-refractivity contribution is 6.25. The fraction of sp³-hybridized carbons (Fsp3) is 0.778. The van der Waals surface area contributed by atoms with Crippen LogP contribution in [0.5, 0.6) is 0 Å². The topological polar surface area (TPSA) is 29.3 Å². The Morgan fingerprint density at radius 3 is 2.92 bits per heavy atom. The van der Waals surface area contributed by atoms with Crippen molar-refractivity contribution in [2.75, 3.05) is 19.6 Å². The summed E-state index contributed by atoms with van der Waals surface area (Å²) in [5, 5.41) is 0. The van der Waals surface area contributed by atoms with Gasteiger partial charge in [0, 0.05) is 31.2 Å². The minimum atomic E-state index is 0.345. The average Bonchev–Trinajstić information content (AvgIpc) is 1.99. The molecule has 70 valence electrons. The van der Waals surface area contributed by atoms with E-state index in [0.29, 0.717) is 6.04 Å². The minimum absolute atomic E-state index is 0.345. The number of nitrogens with two attached hydrogens (primary N) is 1. The fourth-order valence-corrected chi connectivity index (χ4v) is 1.93. The molecule has 2 unspecified atom stereocenters. The van der Waals surface area contributed by atoms with Crippen LogP contribution in [0, 0.1) is 5.92 Å². The Morgan fingerprint density at radius 2 is 2.33 bits per heavy atom. The van der Waals surface area contributed by atoms with Crippen LogP contribution in [0.4, 0.5) is 0 Å². The maximum absolute atomic E-state index is 5.89. The van der Waals surface area contributed by atoms with Gasteiger partial charge >= 0.3 is 0 Å². The molecule has 1 aliphatic heterocycles. The van der Waals surface area contributed by atoms with Crippen molar-refractivity contribution in [2.45, 2.75) is 19.4 Å². The Labute approximate surface area is 79.4 Å². The summed E-state index contributed by atoms with van der Waals surface area (Å²) in [4.78, 5) is 2.34. The van der Waals surface area contributed by atoms with E-state index in [2.05, 4.69) is 11.8 Å². The molecule has 0 amide bonds. The summed E-state index contributed by atoms with van der Waals surface area (Å²) < 4.78 is 0. The molecule has 2 atom stereocenters. The highest BCUT2D eigenvalue weighted by Crippen LogP contribution is 2.14. The first kappa shape index (κ1) is 10.0. The number of piperidine rings is 1. The molecule has 1 fully saturated rings. The number of hydrogen-bond acceptors (Lipinski definition) is 2. The molecule has 0 aromatic rings. The van der Waals surface area contributed by atoms with Gasteiger partial charge in [-0.15, -0.1) is 0 Å². The maximum Gasteiger partial charge on any atom is 0.0175 e. The van der Waals surface area contributed by atoms with Gasteiger partial charge in [-0.25, -0.2) is 0 Å². The van der Waals surface area contributed by atoms with Crippen LogP contribution in [0.15, 0.2) is 11.6 Å². The van der Waals surface area contributed by atoms with Gasteiger partial charge in [-0.3, -0.25) is 4.90 Å². The second-order valence-electron chi connectivity index (χ2n) is 3.68. The second-order valence-corrected chi connectivity index (χ2v) is 3.93. The predicted molar refractivity (Wildman–Crippen MR) is 53.2 cm³/mol. The van der Waals surface area contributed by atoms with Crippen molar-refractivity contribution in [3.05, 3.63) is 11.6 Å². The van der Waals surface area contributed by atoms with E-state index < -0.39 is 0 Å². The Bertz CT molecular complexity index is 149. The van der Waals surface area contributed by atoms with E-state index in [-0.39, 0.29) is 0 Å². The van der Waals surface area contributed by atoms with Gasteiger partial charge in [0.25, 0.3) is 0 Å². The molecule has 0 aromatic carbocycles. The van der Waals surface area contributed by atoms with E-state index in [4.69, 9.17) is 17.3 Å². The average molecular weight is 189 g/mol. The molecular formula is C9H17ClN2. The molecule has 0 radical (unpaired) electrons. The number of halogens is 1. The molecule has 2 nitrogen and oxygen atoms in total. The summed E-state index contributed by atoms with van der Waals surface area (Å²) in [5.74, 6) is 0.720. The summed E-state index contributed by atoms with van der Waals surface area (Å²) in [6.45, 7) is 5.33. The largest absolute Gasteiger partial charge is 0.327 e. The summed E-state index contributed by atoms with van der Waals surface area (Å²) in [5.41, 5.74) is 7.46. The molecule has 1 rings (SSSR count). The fourth-order valence-electron chi connectivity index (χ4n) is 1.85. The third-order valence-electron chi connectivity index (χ3n) is 2.22. The Morgan fingerprint density at radius 1 is 1.58 bits per heavy atom. The van der Waals surface area contributed by atoms with Crippen molar-refractivity contribution in [2.24, 2.45) is 11.7 Å². The lowest BCUT2D eigenvalue weighted by molar-refractivity contribution is 0.181. The lowest BCUT2D eigenvalue weighted by atomic mass is 9.97. The van der Waals surface area contributed by atoms with Crippen molar-refractivity contribution >= 4 is 11.6 Å². The highest BCUT2D eigenvalue weighted by Gasteiger charge is 2.20. The van der Waals surface area contributed by atoms with Gasteiger partial charge in [0.1, 0.15) is 0 Å². The summed E-state index contributed by atoms with van der Waals surface area (Å²) in [7, 11) is 0. The summed E-state index contributed by atoms with van der Waals surface area (Å²) >= 11 is 5.46. The maximum atomic E-state index is 5.89. The lowest BCUT2D eigenvalue weighted by Gasteiger charge is -2.33. The quantitative estimate of drug-likeness (QED) is 0.710. The number of hydrogen-bond donors (Lipinski definition) is 1. The number of rotatable bonds is 2. The van der Waals surface area contributed by atoms with E-state index in [1.165, 1.54) is 0 Å². The molecular weight excluding hydrogens is 172 g/mol. The second kappa shape index (κ2) is 4.85. The molecule has 0 bridgehead atoms. The molecule has 2 N–H and O–H groups in total. The van der Waals surface area contributed by atoms with Crippen molar-refractivity contribution in [3.8, 4) is 0 Å². The molecule has 1 saturated heterocycles. The standard InChI is InChI=1S/C9H17ClN2/c1-8-5-9(11)7-12(6-8)4-2-3-10/h2-3,8-9H,4-7,11H2,1H3. The van der Waals surface area contributed by atoms with Crippen molar-refractivity contribution in [1.29, 1.82) is 0 Å². The Balaban J connectivity index is 2.33. The zero-order chi connectivity index (χ0) is 8.97. The SMILES string of the molecule is CC1CC(N)CN(CC=CCl)C1. The first-order valence-electron chi connectivity index (χ1n) is 4.45. The number of nitrogens with zero attached hydrogens (tertiary/aromatic N) is 1. The van der Waals surface area contributed by atoms with Crippen molar-refractivity contribution < 1.29 is 0 Å². The monoisotopic (exact) mass is 188 g/mol. The van der Waals surface area contributed by atoms with Gasteiger partial charge in [0.15, 0.2) is 0 Å². The molecule has 1 heterocycles. The van der Waals surface area contributed by atoms with Gasteiger partial charge in [0.2, 0.25) is 0 Å². The first-order chi connectivity index (χ1) is 5.72. The van der Waals surface area contributed by atoms with Crippen LogP contribution in [-0.2, 0) is 0 Å². The molecule has 12 heavy (non-hydrogen) atoms. The van der Waals surface area contributed by atoms with Crippen molar-refractivity contribution in [1.82, 2.24) is 4.90 Å². The van der Waals surface area contributed by atoms with E-state index in [1.807, 2.05) is 6.08 Å². The van der Waals surface area contributed by atoms with Crippen LogP contribution in [0.2, 0.25) is 0 Å². The third kappa shape index (κ3) is 3.13. The normalized spacial score (nSPS) is 32.9. The van der Waals surface area contributed by atoms with Crippen LogP contribution in [-0.4, -0.2) is 30.6 Å². The highest BCUT2D eigenvalue weighted by atomic mass is 35.5. The Kier molecular flexibility index (Phi) is 4.06. The zero-order valence-corrected chi connectivity index (χ0v) is 8.30. The van der Waals surface area contributed by atoms with Crippen LogP contribution in [0.3, 0.4) is 0 Å². The van der Waals surface area contributed by atoms with Gasteiger partial charge in [-0.05, 0) is 12.3 Å². The smallest absolute Gasteiger partial charge is 0.0175 e. The van der Waals surface area contributed by atoms with Crippen LogP contribution in [0.25, 0.3) is 0 Å². The van der Waals surface area contributed by atoms with Gasteiger partial charge in [-0.2, -0.15) is 0 Å². The molecule has 3 heteroatoms. The molecule has 0 aromatic heterocycles. The van der Waals surface area contributed by atoms with Crippen LogP contribution >= 0.6 is 11.6 Å². The third-order valence-corrected chi connectivity index (χ3v) is 2.40. The van der Waals surface area contributed by atoms with E-state index >= 15 is 0 Å². The first-order valence-corrected chi connectivity index (χ1v) is 4.89. The van der Waals surface area contributed by atoms with Crippen LogP contribution < -0.4 is 5.73 Å². The molecule has 0 spiro atoms. The van der Waals surface area contributed by atoms with Crippen LogP contribution in [0.1, 0.15) is 13.3 Å². The number of likely N-dealkylation sites (tertiary alicyclic amines) is 1. The predicted octanol–water partition coefficient (Wildman–Crippen LogP) is 1.41. The molecule has 0 aliphatic carbocycles. The summed E-state index contributed by atoms with van der Waals surface area (Å²) in [6.07, 6.45) is 3.12. The van der Waals surface area contributed by atoms with Gasteiger partial charge in [0.05, 0.1) is 0 Å². The van der Waals surface area contributed by atoms with Gasteiger partial charge < -0.3 is 5.73 Å². The Hall–Kier alpha value is -0.0500. The summed E-state index contributed by atoms with van der Waals surface area (Å²) in [6, 6.07) is 0.345. The lowest BCUT2D eigenvalue weighted by Crippen LogP contribution is -2.46. The van der Waals surface area contributed by atoms with Gasteiger partial charge in [-0.1, -0.05) is 24.6 Å². The minimum Gasteiger partial charge on any atom is -0.327 e. The van der Waals surface area contributed by atoms with E-state index in [1.54, 1.807) is 5.54 Å². The van der Waals surface area contributed by atoms with E-state index in [0.717, 1.165) is 32.0 Å². The van der Waals surface area contributed by atoms with E-state index in [9.17, 15) is 0 Å². The molecule has 0 saturated carbocycles. The van der Waals surface area contributed by atoms with Crippen molar-refractivity contribution in [3.63, 3.8) is 0 Å².